The number of hydrogen-bond donors (Lipinski definition) is 0. The van der Waals surface area contributed by atoms with Crippen LogP contribution in [0.2, 0.25) is 0 Å². The molecule has 0 spiro atoms. The van der Waals surface area contributed by atoms with E-state index in [0.29, 0.717) is 5.95 Å². The molecular formula is C38H21N3S2. The van der Waals surface area contributed by atoms with Gasteiger partial charge in [0.2, 0.25) is 5.95 Å². The Morgan fingerprint density at radius 1 is 0.465 bits per heavy atom. The molecule has 0 atom stereocenters. The molecule has 4 aromatic heterocycles. The van der Waals surface area contributed by atoms with E-state index in [-0.39, 0.29) is 0 Å². The quantitative estimate of drug-likeness (QED) is 0.203. The minimum absolute atomic E-state index is 0.698. The molecule has 0 radical (unpaired) electrons. The van der Waals surface area contributed by atoms with Crippen LogP contribution in [-0.2, 0) is 0 Å². The highest BCUT2D eigenvalue weighted by atomic mass is 32.1. The third-order valence-electron chi connectivity index (χ3n) is 8.62. The summed E-state index contributed by atoms with van der Waals surface area (Å²) in [6, 6.07) is 45.7. The van der Waals surface area contributed by atoms with Crippen molar-refractivity contribution in [2.45, 2.75) is 0 Å². The van der Waals surface area contributed by atoms with Crippen LogP contribution in [0.5, 0.6) is 0 Å². The maximum atomic E-state index is 5.45. The third kappa shape index (κ3) is 3.29. The summed E-state index contributed by atoms with van der Waals surface area (Å²) in [5.41, 5.74) is 5.35. The fraction of sp³-hybridized carbons (Fsp3) is 0. The number of benzene rings is 6. The molecule has 0 aliphatic rings. The Morgan fingerprint density at radius 2 is 1.16 bits per heavy atom. The molecule has 4 heterocycles. The summed E-state index contributed by atoms with van der Waals surface area (Å²) in [6.07, 6.45) is 0. The van der Waals surface area contributed by atoms with Gasteiger partial charge < -0.3 is 0 Å². The van der Waals surface area contributed by atoms with Crippen LogP contribution in [0.1, 0.15) is 0 Å². The molecule has 0 bridgehead atoms. The second-order valence-electron chi connectivity index (χ2n) is 11.0. The number of rotatable bonds is 2. The van der Waals surface area contributed by atoms with Gasteiger partial charge in [0.05, 0.1) is 26.9 Å². The van der Waals surface area contributed by atoms with E-state index in [2.05, 4.69) is 132 Å². The number of aromatic nitrogens is 3. The first-order chi connectivity index (χ1) is 21.3. The lowest BCUT2D eigenvalue weighted by atomic mass is 10.0. The normalized spacial score (nSPS) is 12.2. The fourth-order valence-electron chi connectivity index (χ4n) is 6.70. The predicted molar refractivity (Wildman–Crippen MR) is 185 cm³/mol. The zero-order chi connectivity index (χ0) is 28.1. The number of hydrogen-bond acceptors (Lipinski definition) is 4. The Kier molecular flexibility index (Phi) is 4.75. The van der Waals surface area contributed by atoms with Crippen molar-refractivity contribution in [2.24, 2.45) is 0 Å². The van der Waals surface area contributed by atoms with E-state index in [0.717, 1.165) is 32.5 Å². The van der Waals surface area contributed by atoms with Crippen molar-refractivity contribution in [1.29, 1.82) is 0 Å². The van der Waals surface area contributed by atoms with Crippen molar-refractivity contribution >= 4 is 95.7 Å². The van der Waals surface area contributed by atoms with Crippen molar-refractivity contribution in [3.05, 3.63) is 127 Å². The Bertz CT molecular complexity index is 2740. The molecule has 43 heavy (non-hydrogen) atoms. The van der Waals surface area contributed by atoms with Crippen LogP contribution < -0.4 is 0 Å². The van der Waals surface area contributed by atoms with E-state index in [1.54, 1.807) is 11.3 Å². The molecular weight excluding hydrogens is 563 g/mol. The average Bonchev–Trinajstić information content (AvgIpc) is 3.72. The van der Waals surface area contributed by atoms with Gasteiger partial charge in [0.25, 0.3) is 0 Å². The summed E-state index contributed by atoms with van der Waals surface area (Å²) in [5, 5.41) is 8.56. The molecule has 10 rings (SSSR count). The van der Waals surface area contributed by atoms with Gasteiger partial charge in [0.1, 0.15) is 0 Å². The van der Waals surface area contributed by atoms with Gasteiger partial charge in [-0.2, -0.15) is 0 Å². The van der Waals surface area contributed by atoms with Gasteiger partial charge in [-0.3, -0.25) is 4.57 Å². The molecule has 6 aromatic carbocycles. The minimum atomic E-state index is 0.698. The summed E-state index contributed by atoms with van der Waals surface area (Å²) in [6.45, 7) is 0. The lowest BCUT2D eigenvalue weighted by Crippen LogP contribution is -2.02. The van der Waals surface area contributed by atoms with E-state index in [1.807, 2.05) is 11.3 Å². The summed E-state index contributed by atoms with van der Waals surface area (Å²) in [4.78, 5) is 10.8. The monoisotopic (exact) mass is 583 g/mol. The van der Waals surface area contributed by atoms with Crippen molar-refractivity contribution in [3.63, 3.8) is 0 Å². The SMILES string of the molecule is c1ccc2c(-c3nc(-n4c5ccccc5c5cc6sc7ccccc7c6cc54)nc4c3sc3ccccc34)cccc2c1. The predicted octanol–water partition coefficient (Wildman–Crippen LogP) is 11.1. The van der Waals surface area contributed by atoms with E-state index in [9.17, 15) is 0 Å². The maximum absolute atomic E-state index is 5.45. The van der Waals surface area contributed by atoms with Crippen molar-refractivity contribution in [1.82, 2.24) is 14.5 Å². The van der Waals surface area contributed by atoms with Crippen LogP contribution >= 0.6 is 22.7 Å². The van der Waals surface area contributed by atoms with Gasteiger partial charge in [0.15, 0.2) is 0 Å². The molecule has 0 aliphatic heterocycles. The van der Waals surface area contributed by atoms with Crippen LogP contribution in [0.4, 0.5) is 0 Å². The zero-order valence-electron chi connectivity index (χ0n) is 22.8. The molecule has 0 aliphatic carbocycles. The molecule has 200 valence electrons. The van der Waals surface area contributed by atoms with E-state index >= 15 is 0 Å². The first kappa shape index (κ1) is 23.5. The second kappa shape index (κ2) is 8.71. The Balaban J connectivity index is 1.38. The number of thiophene rings is 2. The second-order valence-corrected chi connectivity index (χ2v) is 13.1. The highest BCUT2D eigenvalue weighted by Crippen LogP contribution is 2.43. The maximum Gasteiger partial charge on any atom is 0.235 e. The lowest BCUT2D eigenvalue weighted by molar-refractivity contribution is 1.02. The van der Waals surface area contributed by atoms with E-state index < -0.39 is 0 Å². The molecule has 0 saturated heterocycles. The smallest absolute Gasteiger partial charge is 0.235 e. The average molecular weight is 584 g/mol. The molecule has 0 amide bonds. The molecule has 5 heteroatoms. The standard InChI is InChI=1S/C38H21N3S2/c1-2-12-23-22(10-1)11-9-16-26(23)35-37-36(27-15-5-8-19-33(27)43-37)40-38(39-35)41-30-17-6-3-13-24(30)28-21-34-29(20-31(28)41)25-14-4-7-18-32(25)42-34/h1-21H. The molecule has 0 saturated carbocycles. The number of fused-ring (bicyclic) bond motifs is 10. The topological polar surface area (TPSA) is 30.7 Å². The zero-order valence-corrected chi connectivity index (χ0v) is 24.4. The van der Waals surface area contributed by atoms with Gasteiger partial charge in [-0.15, -0.1) is 22.7 Å². The van der Waals surface area contributed by atoms with Gasteiger partial charge in [-0.1, -0.05) is 97.1 Å². The fourth-order valence-corrected chi connectivity index (χ4v) is 8.97. The van der Waals surface area contributed by atoms with Gasteiger partial charge in [0, 0.05) is 46.6 Å². The van der Waals surface area contributed by atoms with Crippen molar-refractivity contribution in [2.75, 3.05) is 0 Å². The van der Waals surface area contributed by atoms with E-state index in [1.165, 1.54) is 51.8 Å². The summed E-state index contributed by atoms with van der Waals surface area (Å²) in [7, 11) is 0. The van der Waals surface area contributed by atoms with Crippen LogP contribution in [0, 0.1) is 0 Å². The molecule has 0 fully saturated rings. The van der Waals surface area contributed by atoms with Crippen LogP contribution in [-0.4, -0.2) is 14.5 Å². The molecule has 0 N–H and O–H groups in total. The highest BCUT2D eigenvalue weighted by molar-refractivity contribution is 7.26. The molecule has 0 unspecified atom stereocenters. The highest BCUT2D eigenvalue weighted by Gasteiger charge is 2.21. The first-order valence-corrected chi connectivity index (χ1v) is 16.0. The summed E-state index contributed by atoms with van der Waals surface area (Å²) >= 11 is 3.63. The first-order valence-electron chi connectivity index (χ1n) is 14.3. The van der Waals surface area contributed by atoms with Gasteiger partial charge >= 0.3 is 0 Å². The Labute approximate surface area is 253 Å². The Hall–Kier alpha value is -5.10. The summed E-state index contributed by atoms with van der Waals surface area (Å²) in [5.74, 6) is 0.698. The van der Waals surface area contributed by atoms with Crippen LogP contribution in [0.25, 0.3) is 90.3 Å². The van der Waals surface area contributed by atoms with Gasteiger partial charge in [-0.05, 0) is 41.1 Å². The number of nitrogens with zero attached hydrogens (tertiary/aromatic N) is 3. The largest absolute Gasteiger partial charge is 0.278 e. The van der Waals surface area contributed by atoms with Gasteiger partial charge in [-0.25, -0.2) is 9.97 Å². The molecule has 10 aromatic rings. The third-order valence-corrected chi connectivity index (χ3v) is 10.9. The van der Waals surface area contributed by atoms with Crippen LogP contribution in [0.3, 0.4) is 0 Å². The van der Waals surface area contributed by atoms with Crippen molar-refractivity contribution in [3.8, 4) is 17.2 Å². The number of para-hydroxylation sites is 1. The van der Waals surface area contributed by atoms with E-state index in [4.69, 9.17) is 9.97 Å². The van der Waals surface area contributed by atoms with Crippen LogP contribution in [0.15, 0.2) is 127 Å². The van der Waals surface area contributed by atoms with Crippen molar-refractivity contribution < 1.29 is 0 Å². The molecule has 3 nitrogen and oxygen atoms in total. The Morgan fingerprint density at radius 3 is 2.05 bits per heavy atom. The summed E-state index contributed by atoms with van der Waals surface area (Å²) < 4.78 is 7.22. The lowest BCUT2D eigenvalue weighted by Gasteiger charge is -2.12. The minimum Gasteiger partial charge on any atom is -0.278 e.